The van der Waals surface area contributed by atoms with Crippen LogP contribution in [0.2, 0.25) is 0 Å². The Morgan fingerprint density at radius 2 is 1.92 bits per heavy atom. The SMILES string of the molecule is COC(=O)c1ccc(-n2c(O)c3n(c2=O)CC[C@@H]3O)c2ccccc12. The van der Waals surface area contributed by atoms with Crippen molar-refractivity contribution < 1.29 is 19.7 Å². The smallest absolute Gasteiger partial charge is 0.338 e. The monoisotopic (exact) mass is 340 g/mol. The van der Waals surface area contributed by atoms with Crippen LogP contribution in [0.5, 0.6) is 5.88 Å². The van der Waals surface area contributed by atoms with Crippen LogP contribution in [0.25, 0.3) is 16.5 Å². The normalized spacial score (nSPS) is 16.2. The summed E-state index contributed by atoms with van der Waals surface area (Å²) in [7, 11) is 1.31. The fourth-order valence-corrected chi connectivity index (χ4v) is 3.47. The molecule has 1 aromatic heterocycles. The van der Waals surface area contributed by atoms with E-state index in [0.717, 1.165) is 0 Å². The number of fused-ring (bicyclic) bond motifs is 2. The zero-order chi connectivity index (χ0) is 17.7. The summed E-state index contributed by atoms with van der Waals surface area (Å²) >= 11 is 0. The molecule has 4 rings (SSSR count). The van der Waals surface area contributed by atoms with Gasteiger partial charge in [0.15, 0.2) is 0 Å². The molecule has 1 aliphatic rings. The van der Waals surface area contributed by atoms with Crippen LogP contribution in [-0.2, 0) is 11.3 Å². The van der Waals surface area contributed by atoms with Crippen LogP contribution in [0.3, 0.4) is 0 Å². The third kappa shape index (κ3) is 2.09. The van der Waals surface area contributed by atoms with Crippen LogP contribution in [0.15, 0.2) is 41.2 Å². The van der Waals surface area contributed by atoms with E-state index in [0.29, 0.717) is 35.0 Å². The molecule has 1 atom stereocenters. The first kappa shape index (κ1) is 15.5. The number of aromatic nitrogens is 2. The van der Waals surface area contributed by atoms with Gasteiger partial charge >= 0.3 is 11.7 Å². The lowest BCUT2D eigenvalue weighted by atomic mass is 10.0. The predicted molar refractivity (Wildman–Crippen MR) is 90.1 cm³/mol. The van der Waals surface area contributed by atoms with Gasteiger partial charge in [0.05, 0.1) is 18.4 Å². The summed E-state index contributed by atoms with van der Waals surface area (Å²) < 4.78 is 7.35. The minimum Gasteiger partial charge on any atom is -0.493 e. The van der Waals surface area contributed by atoms with Crippen molar-refractivity contribution in [3.63, 3.8) is 0 Å². The molecule has 0 aliphatic carbocycles. The molecule has 7 heteroatoms. The predicted octanol–water partition coefficient (Wildman–Crippen LogP) is 1.72. The maximum atomic E-state index is 12.7. The Kier molecular flexibility index (Phi) is 3.40. The average Bonchev–Trinajstić information content (AvgIpc) is 3.13. The van der Waals surface area contributed by atoms with Crippen molar-refractivity contribution in [2.75, 3.05) is 7.11 Å². The molecule has 0 spiro atoms. The van der Waals surface area contributed by atoms with Crippen LogP contribution in [-0.4, -0.2) is 32.4 Å². The first-order valence-electron chi connectivity index (χ1n) is 7.87. The molecule has 2 aromatic carbocycles. The number of aliphatic hydroxyl groups excluding tert-OH is 1. The lowest BCUT2D eigenvalue weighted by Gasteiger charge is -2.11. The number of hydrogen-bond donors (Lipinski definition) is 2. The van der Waals surface area contributed by atoms with Gasteiger partial charge in [0, 0.05) is 11.9 Å². The Hall–Kier alpha value is -3.06. The van der Waals surface area contributed by atoms with Gasteiger partial charge in [0.1, 0.15) is 11.8 Å². The van der Waals surface area contributed by atoms with Crippen LogP contribution in [0, 0.1) is 0 Å². The van der Waals surface area contributed by atoms with Gasteiger partial charge in [-0.2, -0.15) is 0 Å². The number of methoxy groups -OCH3 is 1. The Morgan fingerprint density at radius 1 is 1.20 bits per heavy atom. The molecule has 0 amide bonds. The maximum absolute atomic E-state index is 12.7. The number of aliphatic hydroxyl groups is 1. The molecule has 128 valence electrons. The summed E-state index contributed by atoms with van der Waals surface area (Å²) in [5, 5.41) is 21.8. The Bertz CT molecular complexity index is 1060. The molecule has 3 aromatic rings. The highest BCUT2D eigenvalue weighted by atomic mass is 16.5. The summed E-state index contributed by atoms with van der Waals surface area (Å²) in [5.74, 6) is -0.750. The largest absolute Gasteiger partial charge is 0.493 e. The fourth-order valence-electron chi connectivity index (χ4n) is 3.47. The minimum absolute atomic E-state index is 0.228. The first-order valence-corrected chi connectivity index (χ1v) is 7.87. The van der Waals surface area contributed by atoms with Gasteiger partial charge in [-0.1, -0.05) is 24.3 Å². The van der Waals surface area contributed by atoms with E-state index < -0.39 is 17.8 Å². The number of esters is 1. The van der Waals surface area contributed by atoms with E-state index in [2.05, 4.69) is 0 Å². The van der Waals surface area contributed by atoms with E-state index in [1.54, 1.807) is 36.4 Å². The standard InChI is InChI=1S/C18H16N2O5/c1-25-17(23)12-6-7-13(11-5-3-2-4-10(11)12)20-16(22)15-14(21)8-9-19(15)18(20)24/h2-7,14,21-22H,8-9H2,1H3/t14-/m0/s1. The van der Waals surface area contributed by atoms with E-state index in [9.17, 15) is 19.8 Å². The fraction of sp³-hybridized carbons (Fsp3) is 0.222. The third-order valence-electron chi connectivity index (χ3n) is 4.64. The molecule has 0 fully saturated rings. The lowest BCUT2D eigenvalue weighted by molar-refractivity contribution is 0.0603. The van der Waals surface area contributed by atoms with Crippen molar-refractivity contribution in [3.8, 4) is 11.6 Å². The molecule has 7 nitrogen and oxygen atoms in total. The van der Waals surface area contributed by atoms with E-state index in [-0.39, 0.29) is 11.6 Å². The lowest BCUT2D eigenvalue weighted by Crippen LogP contribution is -2.22. The van der Waals surface area contributed by atoms with Crippen LogP contribution >= 0.6 is 0 Å². The van der Waals surface area contributed by atoms with Crippen LogP contribution < -0.4 is 5.69 Å². The Morgan fingerprint density at radius 3 is 2.60 bits per heavy atom. The topological polar surface area (TPSA) is 93.7 Å². The first-order chi connectivity index (χ1) is 12.0. The summed E-state index contributed by atoms with van der Waals surface area (Å²) in [6, 6.07) is 10.2. The molecule has 0 unspecified atom stereocenters. The molecule has 1 aliphatic heterocycles. The number of benzene rings is 2. The van der Waals surface area contributed by atoms with Crippen molar-refractivity contribution in [2.24, 2.45) is 0 Å². The molecule has 0 radical (unpaired) electrons. The second-order valence-electron chi connectivity index (χ2n) is 5.95. The van der Waals surface area contributed by atoms with Gasteiger partial charge < -0.3 is 14.9 Å². The van der Waals surface area contributed by atoms with E-state index in [1.807, 2.05) is 0 Å². The van der Waals surface area contributed by atoms with E-state index in [4.69, 9.17) is 4.74 Å². The van der Waals surface area contributed by atoms with Crippen molar-refractivity contribution in [2.45, 2.75) is 19.1 Å². The second-order valence-corrected chi connectivity index (χ2v) is 5.95. The Balaban J connectivity index is 2.03. The summed E-state index contributed by atoms with van der Waals surface area (Å²) in [4.78, 5) is 24.7. The number of carbonyl (C=O) groups excluding carboxylic acids is 1. The number of ether oxygens (including phenoxy) is 1. The highest BCUT2D eigenvalue weighted by Gasteiger charge is 2.31. The molecular weight excluding hydrogens is 324 g/mol. The number of imidazole rings is 1. The molecule has 0 saturated carbocycles. The van der Waals surface area contributed by atoms with Crippen molar-refractivity contribution in [3.05, 3.63) is 58.1 Å². The summed E-state index contributed by atoms with van der Waals surface area (Å²) in [6.45, 7) is 0.355. The van der Waals surface area contributed by atoms with Gasteiger partial charge in [-0.15, -0.1) is 0 Å². The van der Waals surface area contributed by atoms with Crippen LogP contribution in [0.4, 0.5) is 0 Å². The molecule has 0 saturated heterocycles. The van der Waals surface area contributed by atoms with Gasteiger partial charge in [-0.25, -0.2) is 14.2 Å². The van der Waals surface area contributed by atoms with E-state index >= 15 is 0 Å². The highest BCUT2D eigenvalue weighted by Crippen LogP contribution is 2.35. The number of carbonyl (C=O) groups is 1. The van der Waals surface area contributed by atoms with E-state index in [1.165, 1.54) is 16.2 Å². The number of hydrogen-bond acceptors (Lipinski definition) is 5. The van der Waals surface area contributed by atoms with Gasteiger partial charge in [0.25, 0.3) is 0 Å². The molecular formula is C18H16N2O5. The minimum atomic E-state index is -0.866. The molecule has 25 heavy (non-hydrogen) atoms. The molecule has 2 heterocycles. The van der Waals surface area contributed by atoms with Gasteiger partial charge in [-0.05, 0) is 23.9 Å². The van der Waals surface area contributed by atoms with Crippen molar-refractivity contribution >= 4 is 16.7 Å². The van der Waals surface area contributed by atoms with Crippen LogP contribution in [0.1, 0.15) is 28.6 Å². The second kappa shape index (κ2) is 5.49. The van der Waals surface area contributed by atoms with Crippen molar-refractivity contribution in [1.29, 1.82) is 0 Å². The summed E-state index contributed by atoms with van der Waals surface area (Å²) in [6.07, 6.45) is -0.462. The van der Waals surface area contributed by atoms with Crippen molar-refractivity contribution in [1.82, 2.24) is 9.13 Å². The third-order valence-corrected chi connectivity index (χ3v) is 4.64. The summed E-state index contributed by atoms with van der Waals surface area (Å²) in [5.41, 5.74) is 0.632. The molecule has 0 bridgehead atoms. The highest BCUT2D eigenvalue weighted by molar-refractivity contribution is 6.07. The maximum Gasteiger partial charge on any atom is 0.338 e. The quantitative estimate of drug-likeness (QED) is 0.693. The average molecular weight is 340 g/mol. The van der Waals surface area contributed by atoms with Gasteiger partial charge in [-0.3, -0.25) is 4.57 Å². The Labute approximate surface area is 142 Å². The van der Waals surface area contributed by atoms with Gasteiger partial charge in [0.2, 0.25) is 5.88 Å². The number of aromatic hydroxyl groups is 1. The molecule has 2 N–H and O–H groups in total. The number of rotatable bonds is 2. The number of nitrogens with zero attached hydrogens (tertiary/aromatic N) is 2. The zero-order valence-corrected chi connectivity index (χ0v) is 13.5. The zero-order valence-electron chi connectivity index (χ0n) is 13.5.